The third-order valence-electron chi connectivity index (χ3n) is 2.84. The summed E-state index contributed by atoms with van der Waals surface area (Å²) in [5.74, 6) is 0. The van der Waals surface area contributed by atoms with Crippen LogP contribution in [0.25, 0.3) is 0 Å². The van der Waals surface area contributed by atoms with E-state index in [4.69, 9.17) is 0 Å². The zero-order chi connectivity index (χ0) is 10.0. The standard InChI is InChI=1S/C11H16N2O/c1-9-6-10(8-13-7-9)11(14)2-4-12-5-3-11/h6-8,12,14H,2-5H2,1H3. The van der Waals surface area contributed by atoms with Crippen LogP contribution in [0.2, 0.25) is 0 Å². The second kappa shape index (κ2) is 3.67. The number of hydrogen-bond acceptors (Lipinski definition) is 3. The first kappa shape index (κ1) is 9.62. The van der Waals surface area contributed by atoms with Crippen molar-refractivity contribution in [1.82, 2.24) is 10.3 Å². The second-order valence-electron chi connectivity index (χ2n) is 4.03. The Morgan fingerprint density at radius 2 is 2.07 bits per heavy atom. The highest BCUT2D eigenvalue weighted by Crippen LogP contribution is 2.29. The molecule has 2 rings (SSSR count). The molecule has 0 aromatic carbocycles. The summed E-state index contributed by atoms with van der Waals surface area (Å²) < 4.78 is 0. The molecule has 1 aromatic heterocycles. The van der Waals surface area contributed by atoms with Crippen molar-refractivity contribution in [2.24, 2.45) is 0 Å². The summed E-state index contributed by atoms with van der Waals surface area (Å²) >= 11 is 0. The van der Waals surface area contributed by atoms with Gasteiger partial charge in [0.05, 0.1) is 5.60 Å². The molecule has 0 atom stereocenters. The molecule has 1 saturated heterocycles. The molecule has 1 aromatic rings. The normalized spacial score (nSPS) is 20.7. The molecule has 14 heavy (non-hydrogen) atoms. The van der Waals surface area contributed by atoms with Gasteiger partial charge in [-0.05, 0) is 38.4 Å². The summed E-state index contributed by atoms with van der Waals surface area (Å²) in [6.45, 7) is 3.76. The van der Waals surface area contributed by atoms with E-state index in [-0.39, 0.29) is 0 Å². The summed E-state index contributed by atoms with van der Waals surface area (Å²) in [5.41, 5.74) is 1.40. The molecular formula is C11H16N2O. The van der Waals surface area contributed by atoms with Crippen LogP contribution in [0.3, 0.4) is 0 Å². The minimum absolute atomic E-state index is 0.662. The SMILES string of the molecule is Cc1cncc(C2(O)CCNCC2)c1. The van der Waals surface area contributed by atoms with E-state index in [1.807, 2.05) is 19.2 Å². The Bertz CT molecular complexity index is 319. The number of aromatic nitrogens is 1. The number of hydrogen-bond donors (Lipinski definition) is 2. The fourth-order valence-electron chi connectivity index (χ4n) is 1.94. The quantitative estimate of drug-likeness (QED) is 0.696. The first-order valence-corrected chi connectivity index (χ1v) is 5.06. The smallest absolute Gasteiger partial charge is 0.0935 e. The van der Waals surface area contributed by atoms with E-state index in [1.165, 1.54) is 0 Å². The molecule has 0 spiro atoms. The van der Waals surface area contributed by atoms with Crippen LogP contribution in [0.4, 0.5) is 0 Å². The Labute approximate surface area is 84.2 Å². The number of aryl methyl sites for hydroxylation is 1. The molecule has 0 aliphatic carbocycles. The Hall–Kier alpha value is -0.930. The molecule has 0 bridgehead atoms. The van der Waals surface area contributed by atoms with Crippen LogP contribution in [0, 0.1) is 6.92 Å². The van der Waals surface area contributed by atoms with Crippen molar-refractivity contribution in [2.45, 2.75) is 25.4 Å². The largest absolute Gasteiger partial charge is 0.385 e. The van der Waals surface area contributed by atoms with Crippen molar-refractivity contribution in [3.63, 3.8) is 0 Å². The lowest BCUT2D eigenvalue weighted by atomic mass is 9.86. The molecule has 2 heterocycles. The lowest BCUT2D eigenvalue weighted by Crippen LogP contribution is -2.39. The van der Waals surface area contributed by atoms with Gasteiger partial charge in [0.25, 0.3) is 0 Å². The zero-order valence-electron chi connectivity index (χ0n) is 8.45. The topological polar surface area (TPSA) is 45.2 Å². The summed E-state index contributed by atoms with van der Waals surface area (Å²) in [6, 6.07) is 2.03. The molecular weight excluding hydrogens is 176 g/mol. The van der Waals surface area contributed by atoms with Crippen LogP contribution in [-0.4, -0.2) is 23.2 Å². The maximum atomic E-state index is 10.4. The minimum atomic E-state index is -0.662. The summed E-state index contributed by atoms with van der Waals surface area (Å²) in [6.07, 6.45) is 5.14. The predicted octanol–water partition coefficient (Wildman–Crippen LogP) is 0.961. The van der Waals surface area contributed by atoms with Crippen molar-refractivity contribution >= 4 is 0 Å². The van der Waals surface area contributed by atoms with Gasteiger partial charge in [0, 0.05) is 18.0 Å². The average Bonchev–Trinajstić information content (AvgIpc) is 2.19. The number of rotatable bonds is 1. The Balaban J connectivity index is 2.28. The van der Waals surface area contributed by atoms with Crippen LogP contribution < -0.4 is 5.32 Å². The van der Waals surface area contributed by atoms with Gasteiger partial charge in [0.1, 0.15) is 0 Å². The van der Waals surface area contributed by atoms with E-state index in [9.17, 15) is 5.11 Å². The van der Waals surface area contributed by atoms with Gasteiger partial charge in [-0.1, -0.05) is 6.07 Å². The highest BCUT2D eigenvalue weighted by atomic mass is 16.3. The van der Waals surface area contributed by atoms with Gasteiger partial charge in [-0.25, -0.2) is 0 Å². The van der Waals surface area contributed by atoms with Gasteiger partial charge in [0.15, 0.2) is 0 Å². The zero-order valence-corrected chi connectivity index (χ0v) is 8.45. The Kier molecular flexibility index (Phi) is 2.52. The lowest BCUT2D eigenvalue weighted by molar-refractivity contribution is 0.00558. The molecule has 1 aliphatic rings. The van der Waals surface area contributed by atoms with Crippen LogP contribution in [0.1, 0.15) is 24.0 Å². The molecule has 3 heteroatoms. The second-order valence-corrected chi connectivity index (χ2v) is 4.03. The molecule has 0 amide bonds. The van der Waals surface area contributed by atoms with Crippen molar-refractivity contribution in [2.75, 3.05) is 13.1 Å². The molecule has 0 saturated carbocycles. The van der Waals surface area contributed by atoms with E-state index in [1.54, 1.807) is 6.20 Å². The van der Waals surface area contributed by atoms with Crippen LogP contribution >= 0.6 is 0 Å². The van der Waals surface area contributed by atoms with Crippen molar-refractivity contribution in [3.8, 4) is 0 Å². The van der Waals surface area contributed by atoms with Gasteiger partial charge < -0.3 is 10.4 Å². The Morgan fingerprint density at radius 3 is 2.71 bits per heavy atom. The highest BCUT2D eigenvalue weighted by molar-refractivity contribution is 5.23. The van der Waals surface area contributed by atoms with E-state index >= 15 is 0 Å². The first-order chi connectivity index (χ1) is 6.71. The summed E-state index contributed by atoms with van der Waals surface area (Å²) in [4.78, 5) is 4.12. The summed E-state index contributed by atoms with van der Waals surface area (Å²) in [7, 11) is 0. The van der Waals surface area contributed by atoms with E-state index in [2.05, 4.69) is 10.3 Å². The van der Waals surface area contributed by atoms with Gasteiger partial charge in [-0.2, -0.15) is 0 Å². The maximum Gasteiger partial charge on any atom is 0.0935 e. The molecule has 0 unspecified atom stereocenters. The van der Waals surface area contributed by atoms with Gasteiger partial charge in [-0.3, -0.25) is 4.98 Å². The number of aliphatic hydroxyl groups is 1. The predicted molar refractivity (Wildman–Crippen MR) is 55.0 cm³/mol. The van der Waals surface area contributed by atoms with Gasteiger partial charge >= 0.3 is 0 Å². The molecule has 76 valence electrons. The van der Waals surface area contributed by atoms with E-state index in [0.29, 0.717) is 0 Å². The molecule has 1 fully saturated rings. The molecule has 2 N–H and O–H groups in total. The number of piperidine rings is 1. The number of nitrogens with zero attached hydrogens (tertiary/aromatic N) is 1. The van der Waals surface area contributed by atoms with Crippen molar-refractivity contribution in [3.05, 3.63) is 29.6 Å². The van der Waals surface area contributed by atoms with Crippen molar-refractivity contribution < 1.29 is 5.11 Å². The van der Waals surface area contributed by atoms with Crippen molar-refractivity contribution in [1.29, 1.82) is 0 Å². The summed E-state index contributed by atoms with van der Waals surface area (Å²) in [5, 5.41) is 13.6. The molecule has 3 nitrogen and oxygen atoms in total. The van der Waals surface area contributed by atoms with Gasteiger partial charge in [-0.15, -0.1) is 0 Å². The fourth-order valence-corrected chi connectivity index (χ4v) is 1.94. The first-order valence-electron chi connectivity index (χ1n) is 5.06. The van der Waals surface area contributed by atoms with Crippen LogP contribution in [0.15, 0.2) is 18.5 Å². The van der Waals surface area contributed by atoms with Crippen LogP contribution in [0.5, 0.6) is 0 Å². The minimum Gasteiger partial charge on any atom is -0.385 e. The van der Waals surface area contributed by atoms with Gasteiger partial charge in [0.2, 0.25) is 0 Å². The third-order valence-corrected chi connectivity index (χ3v) is 2.84. The maximum absolute atomic E-state index is 10.4. The number of nitrogens with one attached hydrogen (secondary N) is 1. The third kappa shape index (κ3) is 1.79. The van der Waals surface area contributed by atoms with E-state index in [0.717, 1.165) is 37.1 Å². The molecule has 1 aliphatic heterocycles. The fraction of sp³-hybridized carbons (Fsp3) is 0.545. The van der Waals surface area contributed by atoms with E-state index < -0.39 is 5.60 Å². The highest BCUT2D eigenvalue weighted by Gasteiger charge is 2.31. The average molecular weight is 192 g/mol. The van der Waals surface area contributed by atoms with Crippen LogP contribution in [-0.2, 0) is 5.60 Å². The lowest BCUT2D eigenvalue weighted by Gasteiger charge is -2.32. The Morgan fingerprint density at radius 1 is 1.36 bits per heavy atom. The number of pyridine rings is 1. The monoisotopic (exact) mass is 192 g/mol. The molecule has 0 radical (unpaired) electrons.